The number of amides is 1. The third kappa shape index (κ3) is 8.57. The number of nitrogen functional groups attached to an aromatic ring is 1. The molecular formula is C21H25N5Na2O6. The van der Waals surface area contributed by atoms with Gasteiger partial charge in [0, 0.05) is 24.2 Å². The summed E-state index contributed by atoms with van der Waals surface area (Å²) in [5.74, 6) is -4.05. The second kappa shape index (κ2) is 15.0. The van der Waals surface area contributed by atoms with Gasteiger partial charge in [-0.25, -0.2) is 0 Å². The number of H-pyrrole nitrogens is 2. The first-order chi connectivity index (χ1) is 14.2. The second-order valence-electron chi connectivity index (χ2n) is 6.61. The fraction of sp³-hybridized carbons (Fsp3) is 0.286. The average Bonchev–Trinajstić information content (AvgIpc) is 3.08. The van der Waals surface area contributed by atoms with Crippen LogP contribution in [0.3, 0.4) is 0 Å². The smallest absolute Gasteiger partial charge is 0.550 e. The third-order valence-corrected chi connectivity index (χ3v) is 4.50. The van der Waals surface area contributed by atoms with Crippen LogP contribution in [0.25, 0.3) is 11.0 Å². The fourth-order valence-corrected chi connectivity index (χ4v) is 3.02. The summed E-state index contributed by atoms with van der Waals surface area (Å²) in [6, 6.07) is 4.64. The Labute approximate surface area is 240 Å². The minimum atomic E-state index is -1.71. The van der Waals surface area contributed by atoms with Gasteiger partial charge in [-0.1, -0.05) is 27.0 Å². The number of anilines is 1. The van der Waals surface area contributed by atoms with E-state index < -0.39 is 30.3 Å². The van der Waals surface area contributed by atoms with Gasteiger partial charge in [0.25, 0.3) is 11.5 Å². The number of nitrogens with two attached hydrogens (primary N) is 1. The molecule has 2 heterocycles. The van der Waals surface area contributed by atoms with Gasteiger partial charge >= 0.3 is 59.1 Å². The van der Waals surface area contributed by atoms with E-state index in [1.54, 1.807) is 18.3 Å². The summed E-state index contributed by atoms with van der Waals surface area (Å²) in [5.41, 5.74) is 7.38. The Morgan fingerprint density at radius 1 is 1.06 bits per heavy atom. The van der Waals surface area contributed by atoms with Crippen LogP contribution in [-0.2, 0) is 22.4 Å². The quantitative estimate of drug-likeness (QED) is 0.224. The van der Waals surface area contributed by atoms with E-state index in [-0.39, 0.29) is 91.0 Å². The van der Waals surface area contributed by atoms with Crippen molar-refractivity contribution in [2.45, 2.75) is 40.2 Å². The molecule has 172 valence electrons. The van der Waals surface area contributed by atoms with Crippen molar-refractivity contribution < 1.29 is 83.7 Å². The first-order valence-corrected chi connectivity index (χ1v) is 8.91. The summed E-state index contributed by atoms with van der Waals surface area (Å²) in [5, 5.41) is 24.0. The molecule has 0 aliphatic rings. The van der Waals surface area contributed by atoms with E-state index in [1.165, 1.54) is 12.1 Å². The number of aliphatic carboxylic acids is 2. The summed E-state index contributed by atoms with van der Waals surface area (Å²) < 4.78 is 0. The maximum atomic E-state index is 12.1. The molecule has 0 fully saturated rings. The van der Waals surface area contributed by atoms with Crippen LogP contribution >= 0.6 is 0 Å². The van der Waals surface area contributed by atoms with Gasteiger partial charge in [0.05, 0.1) is 17.4 Å². The normalized spacial score (nSPS) is 10.5. The van der Waals surface area contributed by atoms with Crippen LogP contribution in [0.4, 0.5) is 5.95 Å². The molecule has 0 aliphatic carbocycles. The van der Waals surface area contributed by atoms with Gasteiger partial charge in [-0.15, -0.1) is 0 Å². The van der Waals surface area contributed by atoms with E-state index in [9.17, 15) is 29.4 Å². The van der Waals surface area contributed by atoms with E-state index in [0.717, 1.165) is 11.1 Å². The average molecular weight is 489 g/mol. The Morgan fingerprint density at radius 3 is 2.24 bits per heavy atom. The van der Waals surface area contributed by atoms with Crippen molar-refractivity contribution in [1.29, 1.82) is 0 Å². The van der Waals surface area contributed by atoms with Crippen LogP contribution in [-0.4, -0.2) is 38.8 Å². The number of carbonyl (C=O) groups is 3. The number of aryl methyl sites for hydroxylation is 2. The molecule has 0 saturated carbocycles. The van der Waals surface area contributed by atoms with Crippen LogP contribution in [0.15, 0.2) is 35.3 Å². The molecule has 34 heavy (non-hydrogen) atoms. The minimum absolute atomic E-state index is 0. The molecule has 3 aromatic rings. The van der Waals surface area contributed by atoms with Gasteiger partial charge in [0.2, 0.25) is 5.95 Å². The van der Waals surface area contributed by atoms with Crippen molar-refractivity contribution in [3.8, 4) is 0 Å². The van der Waals surface area contributed by atoms with Crippen LogP contribution in [0.1, 0.15) is 42.8 Å². The standard InChI is InChI=1S/C19H19N5O6.2CH4.2Na/c20-19-23-15-14(17(28)24-19)11(8-21-15)6-3-9-1-4-10(5-2-9)16(27)22-12(18(29)30)7-13(25)26;;;;/h1-2,4-5,8,12H,3,6-7H2,(H,22,27)(H,25,26)(H,29,30)(H4,20,21,23,24,28);2*1H4;;/q;;;2*+1/p-2. The summed E-state index contributed by atoms with van der Waals surface area (Å²) >= 11 is 0. The summed E-state index contributed by atoms with van der Waals surface area (Å²) in [6.07, 6.45) is 1.88. The number of fused-ring (bicyclic) bond motifs is 1. The van der Waals surface area contributed by atoms with Crippen molar-refractivity contribution in [3.63, 3.8) is 0 Å². The number of nitrogens with one attached hydrogen (secondary N) is 3. The molecule has 1 amide bonds. The molecule has 1 aromatic carbocycles. The van der Waals surface area contributed by atoms with E-state index in [1.807, 2.05) is 0 Å². The fourth-order valence-electron chi connectivity index (χ4n) is 3.02. The number of hydrogen-bond donors (Lipinski definition) is 4. The number of nitrogens with zero attached hydrogens (tertiary/aromatic N) is 1. The molecule has 0 radical (unpaired) electrons. The molecule has 1 atom stereocenters. The molecule has 0 spiro atoms. The first-order valence-electron chi connectivity index (χ1n) is 8.91. The van der Waals surface area contributed by atoms with Crippen molar-refractivity contribution >= 4 is 34.8 Å². The van der Waals surface area contributed by atoms with Crippen LogP contribution in [0.5, 0.6) is 0 Å². The Kier molecular flexibility index (Phi) is 15.0. The number of aromatic amines is 2. The molecule has 13 heteroatoms. The molecular weight excluding hydrogens is 464 g/mol. The van der Waals surface area contributed by atoms with E-state index >= 15 is 0 Å². The molecule has 11 nitrogen and oxygen atoms in total. The molecule has 5 N–H and O–H groups in total. The van der Waals surface area contributed by atoms with Gasteiger partial charge < -0.3 is 35.8 Å². The predicted octanol–water partition coefficient (Wildman–Crippen LogP) is -7.11. The summed E-state index contributed by atoms with van der Waals surface area (Å²) in [7, 11) is 0. The number of hydrogen-bond acceptors (Lipinski definition) is 8. The molecule has 2 aromatic heterocycles. The summed E-state index contributed by atoms with van der Waals surface area (Å²) in [4.78, 5) is 55.1. The topological polar surface area (TPSA) is 197 Å². The Balaban J connectivity index is 0. The zero-order chi connectivity index (χ0) is 21.8. The Morgan fingerprint density at radius 2 is 1.68 bits per heavy atom. The van der Waals surface area contributed by atoms with Crippen molar-refractivity contribution in [2.24, 2.45) is 0 Å². The van der Waals surface area contributed by atoms with Crippen molar-refractivity contribution in [2.75, 3.05) is 5.73 Å². The van der Waals surface area contributed by atoms with Crippen LogP contribution in [0, 0.1) is 0 Å². The van der Waals surface area contributed by atoms with Gasteiger partial charge in [-0.05, 0) is 36.1 Å². The Bertz CT molecular complexity index is 1180. The molecule has 0 bridgehead atoms. The van der Waals surface area contributed by atoms with Crippen LogP contribution < -0.4 is 85.9 Å². The zero-order valence-electron chi connectivity index (χ0n) is 17.6. The number of carbonyl (C=O) groups excluding carboxylic acids is 3. The number of benzene rings is 1. The van der Waals surface area contributed by atoms with Gasteiger partial charge in [-0.2, -0.15) is 4.98 Å². The number of carboxylic acid groups (broad SMARTS) is 2. The minimum Gasteiger partial charge on any atom is -0.550 e. The monoisotopic (exact) mass is 489 g/mol. The van der Waals surface area contributed by atoms with Crippen LogP contribution in [0.2, 0.25) is 0 Å². The predicted molar refractivity (Wildman–Crippen MR) is 114 cm³/mol. The third-order valence-electron chi connectivity index (χ3n) is 4.50. The van der Waals surface area contributed by atoms with E-state index in [2.05, 4.69) is 20.3 Å². The number of rotatable bonds is 8. The van der Waals surface area contributed by atoms with E-state index in [4.69, 9.17) is 5.73 Å². The molecule has 0 aliphatic heterocycles. The van der Waals surface area contributed by atoms with Crippen molar-refractivity contribution in [1.82, 2.24) is 20.3 Å². The molecule has 0 saturated heterocycles. The zero-order valence-corrected chi connectivity index (χ0v) is 21.6. The van der Waals surface area contributed by atoms with Gasteiger partial charge in [0.15, 0.2) is 0 Å². The molecule has 1 unspecified atom stereocenters. The maximum Gasteiger partial charge on any atom is 1.00 e. The van der Waals surface area contributed by atoms with E-state index in [0.29, 0.717) is 23.9 Å². The first kappa shape index (κ1) is 34.0. The second-order valence-corrected chi connectivity index (χ2v) is 6.61. The molecule has 3 rings (SSSR count). The van der Waals surface area contributed by atoms with Gasteiger partial charge in [-0.3, -0.25) is 14.6 Å². The Hall–Kier alpha value is -2.15. The largest absolute Gasteiger partial charge is 1.00 e. The number of carboxylic acids is 2. The SMILES string of the molecule is C.C.Nc1nc2[nH]cc(CCc3ccc(C(=O)NC(CC(=O)[O-])C(=O)[O-])cc3)c2c(=O)[nH]1.[Na+].[Na+]. The summed E-state index contributed by atoms with van der Waals surface area (Å²) in [6.45, 7) is 0. The van der Waals surface area contributed by atoms with Crippen molar-refractivity contribution in [3.05, 3.63) is 57.5 Å². The van der Waals surface area contributed by atoms with Gasteiger partial charge in [0.1, 0.15) is 5.65 Å². The maximum absolute atomic E-state index is 12.1. The number of aromatic nitrogens is 3.